The van der Waals surface area contributed by atoms with Gasteiger partial charge in [-0.1, -0.05) is 25.1 Å². The molecule has 0 aliphatic heterocycles. The normalized spacial score (nSPS) is 10.9. The lowest BCUT2D eigenvalue weighted by Crippen LogP contribution is -2.16. The molecule has 0 bridgehead atoms. The molecular formula is C22H24F2N4O5. The maximum absolute atomic E-state index is 12.5. The van der Waals surface area contributed by atoms with Gasteiger partial charge in [-0.3, -0.25) is 5.32 Å². The van der Waals surface area contributed by atoms with Crippen LogP contribution in [0.25, 0.3) is 11.4 Å². The summed E-state index contributed by atoms with van der Waals surface area (Å²) < 4.78 is 44.8. The predicted octanol–water partition coefficient (Wildman–Crippen LogP) is 5.16. The van der Waals surface area contributed by atoms with Crippen molar-refractivity contribution in [3.63, 3.8) is 0 Å². The molecule has 1 aromatic heterocycles. The summed E-state index contributed by atoms with van der Waals surface area (Å²) >= 11 is 0. The van der Waals surface area contributed by atoms with Gasteiger partial charge in [0.1, 0.15) is 0 Å². The molecule has 3 aromatic rings. The Bertz CT molecular complexity index is 1070. The van der Waals surface area contributed by atoms with E-state index < -0.39 is 12.7 Å². The SMILES string of the molecule is COc1cc(-c2noc(CNc3cccc(NC(=O)OCC(C)C)c3)n2)ccc1OC(F)F. The number of carbonyl (C=O) groups is 1. The molecular weight excluding hydrogens is 438 g/mol. The van der Waals surface area contributed by atoms with E-state index in [-0.39, 0.29) is 29.8 Å². The number of aromatic nitrogens is 2. The van der Waals surface area contributed by atoms with E-state index >= 15 is 0 Å². The number of methoxy groups -OCH3 is 1. The van der Waals surface area contributed by atoms with Crippen LogP contribution in [0.5, 0.6) is 11.5 Å². The van der Waals surface area contributed by atoms with E-state index in [0.29, 0.717) is 29.4 Å². The molecule has 0 saturated carbocycles. The zero-order valence-corrected chi connectivity index (χ0v) is 18.3. The molecule has 1 heterocycles. The average Bonchev–Trinajstić information content (AvgIpc) is 3.25. The molecule has 0 radical (unpaired) electrons. The maximum atomic E-state index is 12.5. The molecule has 2 N–H and O–H groups in total. The van der Waals surface area contributed by atoms with Crippen LogP contribution in [0.3, 0.4) is 0 Å². The minimum atomic E-state index is -2.97. The number of benzene rings is 2. The molecule has 0 spiro atoms. The molecule has 33 heavy (non-hydrogen) atoms. The summed E-state index contributed by atoms with van der Waals surface area (Å²) in [5.74, 6) is 0.827. The highest BCUT2D eigenvalue weighted by Gasteiger charge is 2.15. The minimum Gasteiger partial charge on any atom is -0.493 e. The largest absolute Gasteiger partial charge is 0.493 e. The van der Waals surface area contributed by atoms with Gasteiger partial charge in [-0.2, -0.15) is 13.8 Å². The lowest BCUT2D eigenvalue weighted by molar-refractivity contribution is -0.0512. The summed E-state index contributed by atoms with van der Waals surface area (Å²) in [4.78, 5) is 16.1. The summed E-state index contributed by atoms with van der Waals surface area (Å²) in [6.07, 6.45) is -0.525. The fraction of sp³-hybridized carbons (Fsp3) is 0.318. The van der Waals surface area contributed by atoms with Crippen molar-refractivity contribution in [2.45, 2.75) is 27.0 Å². The van der Waals surface area contributed by atoms with Gasteiger partial charge >= 0.3 is 12.7 Å². The number of ether oxygens (including phenoxy) is 3. The first-order chi connectivity index (χ1) is 15.8. The van der Waals surface area contributed by atoms with Crippen molar-refractivity contribution in [2.24, 2.45) is 5.92 Å². The van der Waals surface area contributed by atoms with Crippen molar-refractivity contribution in [3.05, 3.63) is 48.4 Å². The van der Waals surface area contributed by atoms with Gasteiger partial charge < -0.3 is 24.1 Å². The zero-order chi connectivity index (χ0) is 23.8. The third-order valence-corrected chi connectivity index (χ3v) is 4.21. The van der Waals surface area contributed by atoms with Gasteiger partial charge in [0, 0.05) is 16.9 Å². The Balaban J connectivity index is 1.61. The Morgan fingerprint density at radius 3 is 2.64 bits per heavy atom. The van der Waals surface area contributed by atoms with Crippen LogP contribution in [-0.4, -0.2) is 36.6 Å². The first kappa shape index (κ1) is 23.8. The molecule has 0 unspecified atom stereocenters. The van der Waals surface area contributed by atoms with E-state index in [9.17, 15) is 13.6 Å². The van der Waals surface area contributed by atoms with Crippen molar-refractivity contribution < 1.29 is 32.3 Å². The molecule has 2 aromatic carbocycles. The number of nitrogens with zero attached hydrogens (tertiary/aromatic N) is 2. The highest BCUT2D eigenvalue weighted by molar-refractivity contribution is 5.85. The van der Waals surface area contributed by atoms with Crippen molar-refractivity contribution in [1.29, 1.82) is 0 Å². The van der Waals surface area contributed by atoms with Gasteiger partial charge in [0.15, 0.2) is 11.5 Å². The number of hydrogen-bond acceptors (Lipinski definition) is 8. The topological polar surface area (TPSA) is 108 Å². The fourth-order valence-electron chi connectivity index (χ4n) is 2.72. The highest BCUT2D eigenvalue weighted by atomic mass is 19.3. The van der Waals surface area contributed by atoms with Gasteiger partial charge in [0.25, 0.3) is 0 Å². The van der Waals surface area contributed by atoms with Crippen LogP contribution >= 0.6 is 0 Å². The Labute approximate surface area is 189 Å². The first-order valence-corrected chi connectivity index (χ1v) is 10.1. The summed E-state index contributed by atoms with van der Waals surface area (Å²) in [5.41, 5.74) is 1.79. The summed E-state index contributed by atoms with van der Waals surface area (Å²) in [6.45, 7) is 1.49. The number of amides is 1. The molecule has 11 heteroatoms. The van der Waals surface area contributed by atoms with E-state index in [2.05, 4.69) is 25.5 Å². The molecule has 3 rings (SSSR count). The minimum absolute atomic E-state index is 0.0942. The van der Waals surface area contributed by atoms with Crippen LogP contribution in [0, 0.1) is 5.92 Å². The fourth-order valence-corrected chi connectivity index (χ4v) is 2.72. The summed E-state index contributed by atoms with van der Waals surface area (Å²) in [6, 6.07) is 11.4. The second-order valence-corrected chi connectivity index (χ2v) is 7.31. The van der Waals surface area contributed by atoms with Crippen LogP contribution in [0.1, 0.15) is 19.7 Å². The average molecular weight is 462 g/mol. The van der Waals surface area contributed by atoms with Crippen LogP contribution in [-0.2, 0) is 11.3 Å². The van der Waals surface area contributed by atoms with Gasteiger partial charge in [-0.05, 0) is 42.3 Å². The van der Waals surface area contributed by atoms with Gasteiger partial charge in [-0.25, -0.2) is 4.79 Å². The number of rotatable bonds is 10. The second-order valence-electron chi connectivity index (χ2n) is 7.31. The van der Waals surface area contributed by atoms with Crippen molar-refractivity contribution in [3.8, 4) is 22.9 Å². The Morgan fingerprint density at radius 2 is 1.91 bits per heavy atom. The van der Waals surface area contributed by atoms with E-state index in [0.717, 1.165) is 0 Å². The number of carbonyl (C=O) groups excluding carboxylic acids is 1. The lowest BCUT2D eigenvalue weighted by Gasteiger charge is -2.10. The van der Waals surface area contributed by atoms with Gasteiger partial charge in [0.05, 0.1) is 20.3 Å². The Morgan fingerprint density at radius 1 is 1.12 bits per heavy atom. The van der Waals surface area contributed by atoms with Crippen molar-refractivity contribution >= 4 is 17.5 Å². The standard InChI is InChI=1S/C22H24F2N4O5/c1-13(2)12-31-22(29)26-16-6-4-5-15(10-16)25-11-19-27-20(28-33-19)14-7-8-17(32-21(23)24)18(9-14)30-3/h4-10,13,21,25H,11-12H2,1-3H3,(H,26,29). The maximum Gasteiger partial charge on any atom is 0.411 e. The molecule has 0 aliphatic carbocycles. The number of nitrogens with one attached hydrogen (secondary N) is 2. The zero-order valence-electron chi connectivity index (χ0n) is 18.3. The van der Waals surface area contributed by atoms with E-state index in [1.807, 2.05) is 19.9 Å². The number of halogens is 2. The van der Waals surface area contributed by atoms with Gasteiger partial charge in [0.2, 0.25) is 11.7 Å². The van der Waals surface area contributed by atoms with E-state index in [4.69, 9.17) is 14.0 Å². The Hall–Kier alpha value is -3.89. The van der Waals surface area contributed by atoms with Crippen molar-refractivity contribution in [2.75, 3.05) is 24.4 Å². The third kappa shape index (κ3) is 7.06. The third-order valence-electron chi connectivity index (χ3n) is 4.21. The number of alkyl halides is 2. The number of hydrogen-bond donors (Lipinski definition) is 2. The predicted molar refractivity (Wildman–Crippen MR) is 116 cm³/mol. The monoisotopic (exact) mass is 462 g/mol. The highest BCUT2D eigenvalue weighted by Crippen LogP contribution is 2.32. The van der Waals surface area contributed by atoms with Crippen LogP contribution in [0.2, 0.25) is 0 Å². The van der Waals surface area contributed by atoms with Crippen LogP contribution < -0.4 is 20.1 Å². The summed E-state index contributed by atoms with van der Waals surface area (Å²) in [7, 11) is 1.34. The van der Waals surface area contributed by atoms with E-state index in [1.165, 1.54) is 25.3 Å². The molecule has 1 amide bonds. The smallest absolute Gasteiger partial charge is 0.411 e. The molecule has 0 aliphatic rings. The van der Waals surface area contributed by atoms with Gasteiger partial charge in [-0.15, -0.1) is 0 Å². The summed E-state index contributed by atoms with van der Waals surface area (Å²) in [5, 5.41) is 9.71. The van der Waals surface area contributed by atoms with E-state index in [1.54, 1.807) is 18.2 Å². The molecule has 0 saturated heterocycles. The number of anilines is 2. The van der Waals surface area contributed by atoms with Crippen molar-refractivity contribution in [1.82, 2.24) is 10.1 Å². The molecule has 176 valence electrons. The molecule has 9 nitrogen and oxygen atoms in total. The van der Waals surface area contributed by atoms with Crippen LogP contribution in [0.15, 0.2) is 47.0 Å². The second kappa shape index (κ2) is 11.1. The molecule has 0 fully saturated rings. The lowest BCUT2D eigenvalue weighted by atomic mass is 10.2. The van der Waals surface area contributed by atoms with Crippen LogP contribution in [0.4, 0.5) is 25.0 Å². The first-order valence-electron chi connectivity index (χ1n) is 10.1. The molecule has 0 atom stereocenters. The quantitative estimate of drug-likeness (QED) is 0.425. The Kier molecular flexibility index (Phi) is 8.01.